The molecular formula is C22H19F3N2O3. The lowest BCUT2D eigenvalue weighted by Crippen LogP contribution is -2.05. The average Bonchev–Trinajstić information content (AvgIpc) is 3.16. The van der Waals surface area contributed by atoms with E-state index in [9.17, 15) is 18.0 Å². The molecule has 0 fully saturated rings. The summed E-state index contributed by atoms with van der Waals surface area (Å²) >= 11 is 0. The van der Waals surface area contributed by atoms with Gasteiger partial charge in [0.25, 0.3) is 0 Å². The van der Waals surface area contributed by atoms with Gasteiger partial charge < -0.3 is 9.47 Å². The van der Waals surface area contributed by atoms with E-state index >= 15 is 0 Å². The molecule has 0 unspecified atom stereocenters. The monoisotopic (exact) mass is 416 g/mol. The Balaban J connectivity index is 1.75. The maximum atomic E-state index is 12.9. The number of hydrogen-bond acceptors (Lipinski definition) is 4. The van der Waals surface area contributed by atoms with E-state index in [-0.39, 0.29) is 18.1 Å². The van der Waals surface area contributed by atoms with Crippen LogP contribution in [0, 0.1) is 0 Å². The van der Waals surface area contributed by atoms with Crippen molar-refractivity contribution < 1.29 is 27.4 Å². The Morgan fingerprint density at radius 2 is 2.00 bits per heavy atom. The number of methoxy groups -OCH3 is 1. The number of alkyl halides is 3. The fraction of sp³-hybridized carbons (Fsp3) is 0.182. The molecule has 5 nitrogen and oxygen atoms in total. The van der Waals surface area contributed by atoms with Crippen LogP contribution < -0.4 is 9.47 Å². The van der Waals surface area contributed by atoms with Gasteiger partial charge >= 0.3 is 6.18 Å². The molecule has 0 aliphatic heterocycles. The van der Waals surface area contributed by atoms with Crippen molar-refractivity contribution in [2.75, 3.05) is 7.11 Å². The molecule has 30 heavy (non-hydrogen) atoms. The van der Waals surface area contributed by atoms with Gasteiger partial charge in [0.05, 0.1) is 24.4 Å². The molecule has 2 aromatic carbocycles. The van der Waals surface area contributed by atoms with Crippen molar-refractivity contribution >= 4 is 11.9 Å². The number of benzene rings is 2. The number of carbonyl (C=O) groups excluding carboxylic acids is 1. The Bertz CT molecular complexity index is 1070. The lowest BCUT2D eigenvalue weighted by Gasteiger charge is -2.13. The highest BCUT2D eigenvalue weighted by molar-refractivity contribution is 6.06. The third-order valence-electron chi connectivity index (χ3n) is 4.28. The van der Waals surface area contributed by atoms with Gasteiger partial charge in [0.15, 0.2) is 5.78 Å². The second-order valence-electron chi connectivity index (χ2n) is 6.49. The fourth-order valence-electron chi connectivity index (χ4n) is 2.75. The smallest absolute Gasteiger partial charge is 0.416 e. The molecule has 0 atom stereocenters. The summed E-state index contributed by atoms with van der Waals surface area (Å²) in [4.78, 5) is 12.2. The van der Waals surface area contributed by atoms with Crippen molar-refractivity contribution in [1.82, 2.24) is 9.78 Å². The van der Waals surface area contributed by atoms with Gasteiger partial charge in [-0.2, -0.15) is 18.3 Å². The number of ketones is 1. The molecule has 0 spiro atoms. The fourth-order valence-corrected chi connectivity index (χ4v) is 2.75. The number of halogens is 3. The predicted molar refractivity (Wildman–Crippen MR) is 105 cm³/mol. The second kappa shape index (κ2) is 8.86. The van der Waals surface area contributed by atoms with E-state index in [0.29, 0.717) is 16.9 Å². The highest BCUT2D eigenvalue weighted by atomic mass is 19.4. The zero-order valence-electron chi connectivity index (χ0n) is 16.3. The molecule has 1 heterocycles. The number of aromatic nitrogens is 2. The molecule has 0 amide bonds. The summed E-state index contributed by atoms with van der Waals surface area (Å²) in [5.74, 6) is 0.429. The van der Waals surface area contributed by atoms with Crippen LogP contribution in [0.2, 0.25) is 0 Å². The first kappa shape index (κ1) is 21.2. The molecule has 3 aromatic rings. The highest BCUT2D eigenvalue weighted by Crippen LogP contribution is 2.32. The largest absolute Gasteiger partial charge is 0.496 e. The molecule has 0 radical (unpaired) electrons. The van der Waals surface area contributed by atoms with E-state index in [0.717, 1.165) is 17.7 Å². The minimum absolute atomic E-state index is 0.00269. The molecule has 0 bridgehead atoms. The number of nitrogens with zero attached hydrogens (tertiary/aromatic N) is 2. The Morgan fingerprint density at radius 3 is 2.67 bits per heavy atom. The Hall–Kier alpha value is -3.55. The van der Waals surface area contributed by atoms with Crippen molar-refractivity contribution in [2.24, 2.45) is 7.05 Å². The summed E-state index contributed by atoms with van der Waals surface area (Å²) < 4.78 is 51.0. The van der Waals surface area contributed by atoms with Crippen LogP contribution in [-0.2, 0) is 19.8 Å². The minimum Gasteiger partial charge on any atom is -0.496 e. The average molecular weight is 416 g/mol. The highest BCUT2D eigenvalue weighted by Gasteiger charge is 2.30. The third-order valence-corrected chi connectivity index (χ3v) is 4.28. The van der Waals surface area contributed by atoms with Gasteiger partial charge in [-0.1, -0.05) is 18.2 Å². The van der Waals surface area contributed by atoms with E-state index in [1.54, 1.807) is 37.5 Å². The summed E-state index contributed by atoms with van der Waals surface area (Å²) in [7, 11) is 3.21. The van der Waals surface area contributed by atoms with Gasteiger partial charge in [-0.25, -0.2) is 0 Å². The molecule has 0 aliphatic rings. The number of rotatable bonds is 7. The van der Waals surface area contributed by atoms with Crippen molar-refractivity contribution in [3.8, 4) is 11.5 Å². The second-order valence-corrected chi connectivity index (χ2v) is 6.49. The number of hydrogen-bond donors (Lipinski definition) is 0. The Kier molecular flexibility index (Phi) is 6.25. The lowest BCUT2D eigenvalue weighted by atomic mass is 10.1. The van der Waals surface area contributed by atoms with Gasteiger partial charge in [0.1, 0.15) is 18.1 Å². The number of ether oxygens (including phenoxy) is 2. The van der Waals surface area contributed by atoms with Crippen LogP contribution in [0.25, 0.3) is 6.08 Å². The van der Waals surface area contributed by atoms with E-state index < -0.39 is 11.7 Å². The van der Waals surface area contributed by atoms with Crippen molar-refractivity contribution in [3.63, 3.8) is 0 Å². The summed E-state index contributed by atoms with van der Waals surface area (Å²) in [6.07, 6.45) is 1.73. The van der Waals surface area contributed by atoms with E-state index in [1.807, 2.05) is 0 Å². The summed E-state index contributed by atoms with van der Waals surface area (Å²) in [5, 5.41) is 3.96. The summed E-state index contributed by atoms with van der Waals surface area (Å²) in [6.45, 7) is 0.00269. The number of carbonyl (C=O) groups is 1. The SMILES string of the molecule is COc1ccc(/C=C/C(=O)c2cnn(C)c2)cc1COc1cccc(C(F)(F)F)c1. The summed E-state index contributed by atoms with van der Waals surface area (Å²) in [6, 6.07) is 9.90. The van der Waals surface area contributed by atoms with Gasteiger partial charge in [0, 0.05) is 18.8 Å². The number of allylic oxidation sites excluding steroid dienone is 1. The quantitative estimate of drug-likeness (QED) is 0.405. The Morgan fingerprint density at radius 1 is 1.20 bits per heavy atom. The first-order valence-corrected chi connectivity index (χ1v) is 8.94. The first-order valence-electron chi connectivity index (χ1n) is 8.94. The molecule has 0 saturated heterocycles. The number of aryl methyl sites for hydroxylation is 1. The first-order chi connectivity index (χ1) is 14.3. The minimum atomic E-state index is -4.44. The zero-order chi connectivity index (χ0) is 21.7. The topological polar surface area (TPSA) is 53.3 Å². The van der Waals surface area contributed by atoms with Gasteiger partial charge in [-0.3, -0.25) is 9.48 Å². The van der Waals surface area contributed by atoms with Crippen LogP contribution >= 0.6 is 0 Å². The van der Waals surface area contributed by atoms with Crippen molar-refractivity contribution in [3.05, 3.63) is 83.2 Å². The van der Waals surface area contributed by atoms with Crippen LogP contribution in [0.1, 0.15) is 27.0 Å². The van der Waals surface area contributed by atoms with Crippen LogP contribution in [0.3, 0.4) is 0 Å². The Labute approximate surface area is 171 Å². The van der Waals surface area contributed by atoms with E-state index in [1.165, 1.54) is 36.2 Å². The van der Waals surface area contributed by atoms with Gasteiger partial charge in [-0.15, -0.1) is 0 Å². The lowest BCUT2D eigenvalue weighted by molar-refractivity contribution is -0.137. The van der Waals surface area contributed by atoms with E-state index in [2.05, 4.69) is 5.10 Å². The van der Waals surface area contributed by atoms with Crippen molar-refractivity contribution in [1.29, 1.82) is 0 Å². The molecular weight excluding hydrogens is 397 g/mol. The van der Waals surface area contributed by atoms with Crippen LogP contribution in [0.4, 0.5) is 13.2 Å². The molecule has 8 heteroatoms. The molecule has 1 aromatic heterocycles. The third kappa shape index (κ3) is 5.28. The maximum Gasteiger partial charge on any atom is 0.416 e. The van der Waals surface area contributed by atoms with Crippen LogP contribution in [0.15, 0.2) is 60.9 Å². The maximum absolute atomic E-state index is 12.9. The summed E-state index contributed by atoms with van der Waals surface area (Å²) in [5.41, 5.74) is 1.04. The van der Waals surface area contributed by atoms with Gasteiger partial charge in [0.2, 0.25) is 0 Å². The molecule has 156 valence electrons. The van der Waals surface area contributed by atoms with Gasteiger partial charge in [-0.05, 0) is 42.0 Å². The normalized spacial score (nSPS) is 11.6. The standard InChI is InChI=1S/C22H19F3N2O3/c1-27-13-17(12-26-27)20(28)8-6-15-7-9-21(29-2)16(10-15)14-30-19-5-3-4-18(11-19)22(23,24)25/h3-13H,14H2,1-2H3/b8-6+. The van der Waals surface area contributed by atoms with Crippen molar-refractivity contribution in [2.45, 2.75) is 12.8 Å². The molecule has 0 saturated carbocycles. The molecule has 0 N–H and O–H groups in total. The van der Waals surface area contributed by atoms with Crippen LogP contribution in [0.5, 0.6) is 11.5 Å². The molecule has 0 aliphatic carbocycles. The zero-order valence-corrected chi connectivity index (χ0v) is 16.3. The molecule has 3 rings (SSSR count). The van der Waals surface area contributed by atoms with E-state index in [4.69, 9.17) is 9.47 Å². The predicted octanol–water partition coefficient (Wildman–Crippen LogP) is 4.92. The van der Waals surface area contributed by atoms with Crippen LogP contribution in [-0.4, -0.2) is 22.7 Å².